The van der Waals surface area contributed by atoms with Crippen molar-refractivity contribution in [2.45, 2.75) is 64.5 Å². The molecule has 0 aliphatic heterocycles. The zero-order valence-electron chi connectivity index (χ0n) is 16.2. The first-order chi connectivity index (χ1) is 13.0. The van der Waals surface area contributed by atoms with Crippen molar-refractivity contribution < 1.29 is 9.59 Å². The molecule has 0 radical (unpaired) electrons. The molecule has 146 valence electrons. The van der Waals surface area contributed by atoms with Crippen LogP contribution in [0.25, 0.3) is 10.9 Å². The van der Waals surface area contributed by atoms with E-state index in [1.165, 1.54) is 0 Å². The molecule has 1 fully saturated rings. The van der Waals surface area contributed by atoms with Gasteiger partial charge in [0.2, 0.25) is 5.91 Å². The minimum absolute atomic E-state index is 0.0195. The molecule has 0 bridgehead atoms. The number of aromatic nitrogens is 1. The predicted octanol–water partition coefficient (Wildman–Crippen LogP) is 2.54. The second-order valence-electron chi connectivity index (χ2n) is 7.46. The first-order valence-corrected chi connectivity index (χ1v) is 9.94. The van der Waals surface area contributed by atoms with Crippen molar-refractivity contribution in [2.75, 3.05) is 6.54 Å². The van der Waals surface area contributed by atoms with Crippen LogP contribution >= 0.6 is 0 Å². The number of nitrogens with one attached hydrogen (secondary N) is 3. The van der Waals surface area contributed by atoms with E-state index in [0.29, 0.717) is 18.7 Å². The van der Waals surface area contributed by atoms with Gasteiger partial charge in [0.15, 0.2) is 0 Å². The van der Waals surface area contributed by atoms with Crippen molar-refractivity contribution in [3.05, 3.63) is 35.0 Å². The van der Waals surface area contributed by atoms with E-state index in [4.69, 9.17) is 5.73 Å². The van der Waals surface area contributed by atoms with Crippen LogP contribution in [0.2, 0.25) is 0 Å². The van der Waals surface area contributed by atoms with Gasteiger partial charge in [0.05, 0.1) is 0 Å². The number of benzene rings is 1. The van der Waals surface area contributed by atoms with Gasteiger partial charge >= 0.3 is 0 Å². The van der Waals surface area contributed by atoms with Crippen molar-refractivity contribution in [1.29, 1.82) is 0 Å². The van der Waals surface area contributed by atoms with Crippen LogP contribution in [0.5, 0.6) is 0 Å². The summed E-state index contributed by atoms with van der Waals surface area (Å²) >= 11 is 0. The molecule has 1 aromatic carbocycles. The number of nitrogens with two attached hydrogens (primary N) is 1. The minimum atomic E-state index is -0.0296. The molecule has 1 saturated carbocycles. The first-order valence-electron chi connectivity index (χ1n) is 9.94. The van der Waals surface area contributed by atoms with E-state index < -0.39 is 0 Å². The zero-order valence-corrected chi connectivity index (χ0v) is 16.2. The Balaban J connectivity index is 1.63. The van der Waals surface area contributed by atoms with Crippen molar-refractivity contribution in [3.63, 3.8) is 0 Å². The molecule has 1 aliphatic rings. The van der Waals surface area contributed by atoms with Crippen LogP contribution in [0.15, 0.2) is 18.2 Å². The highest BCUT2D eigenvalue weighted by Crippen LogP contribution is 2.26. The Labute approximate surface area is 160 Å². The fourth-order valence-electron chi connectivity index (χ4n) is 4.05. The highest BCUT2D eigenvalue weighted by atomic mass is 16.2. The summed E-state index contributed by atoms with van der Waals surface area (Å²) in [6.07, 6.45) is 4.70. The third-order valence-electron chi connectivity index (χ3n) is 5.53. The lowest BCUT2D eigenvalue weighted by molar-refractivity contribution is -0.121. The minimum Gasteiger partial charge on any atom is -0.353 e. The van der Waals surface area contributed by atoms with Crippen LogP contribution in [-0.2, 0) is 11.2 Å². The average molecular weight is 370 g/mol. The summed E-state index contributed by atoms with van der Waals surface area (Å²) in [4.78, 5) is 27.9. The van der Waals surface area contributed by atoms with Gasteiger partial charge in [-0.2, -0.15) is 0 Å². The Morgan fingerprint density at radius 3 is 2.44 bits per heavy atom. The molecule has 5 N–H and O–H groups in total. The third-order valence-corrected chi connectivity index (χ3v) is 5.53. The monoisotopic (exact) mass is 370 g/mol. The van der Waals surface area contributed by atoms with Crippen molar-refractivity contribution in [1.82, 2.24) is 15.6 Å². The van der Waals surface area contributed by atoms with Gasteiger partial charge in [-0.25, -0.2) is 0 Å². The number of H-pyrrole nitrogens is 1. The van der Waals surface area contributed by atoms with Crippen LogP contribution in [0, 0.1) is 6.92 Å². The van der Waals surface area contributed by atoms with Gasteiger partial charge in [0.25, 0.3) is 5.91 Å². The normalized spacial score (nSPS) is 19.8. The first kappa shape index (κ1) is 19.4. The summed E-state index contributed by atoms with van der Waals surface area (Å²) < 4.78 is 0. The lowest BCUT2D eigenvalue weighted by atomic mass is 9.91. The lowest BCUT2D eigenvalue weighted by Crippen LogP contribution is -2.44. The Bertz CT molecular complexity index is 819. The smallest absolute Gasteiger partial charge is 0.268 e. The van der Waals surface area contributed by atoms with E-state index in [2.05, 4.69) is 41.6 Å². The maximum Gasteiger partial charge on any atom is 0.268 e. The summed E-state index contributed by atoms with van der Waals surface area (Å²) in [5, 5.41) is 7.35. The van der Waals surface area contributed by atoms with E-state index >= 15 is 0 Å². The van der Waals surface area contributed by atoms with Crippen molar-refractivity contribution in [2.24, 2.45) is 5.73 Å². The number of carbonyl (C=O) groups is 2. The molecule has 0 atom stereocenters. The summed E-state index contributed by atoms with van der Waals surface area (Å²) in [5.74, 6) is -0.0101. The highest BCUT2D eigenvalue weighted by Gasteiger charge is 2.25. The standard InChI is InChI=1S/C21H30N4O2/c1-3-16-17-6-4-5-13(2)19(17)25-20(16)21(27)24-15-9-7-14(8-10-15)23-18(26)11-12-22/h4-6,14-15,25H,3,7-12,22H2,1-2H3,(H,23,26)(H,24,27)/t14-,15-. The molecule has 2 amide bonds. The number of aryl methyl sites for hydroxylation is 2. The highest BCUT2D eigenvalue weighted by molar-refractivity contribution is 6.01. The molecule has 1 heterocycles. The molecular weight excluding hydrogens is 340 g/mol. The van der Waals surface area contributed by atoms with E-state index in [1.54, 1.807) is 0 Å². The topological polar surface area (TPSA) is 100 Å². The van der Waals surface area contributed by atoms with Crippen LogP contribution in [-0.4, -0.2) is 35.4 Å². The second kappa shape index (κ2) is 8.57. The van der Waals surface area contributed by atoms with E-state index in [-0.39, 0.29) is 23.9 Å². The van der Waals surface area contributed by atoms with Gasteiger partial charge < -0.3 is 21.4 Å². The molecule has 3 rings (SSSR count). The SMILES string of the molecule is CCc1c(C(=O)N[C@H]2CC[C@H](NC(=O)CCN)CC2)[nH]c2c(C)cccc12. The van der Waals surface area contributed by atoms with Gasteiger partial charge in [0.1, 0.15) is 5.69 Å². The van der Waals surface area contributed by atoms with Crippen LogP contribution < -0.4 is 16.4 Å². The Hall–Kier alpha value is -2.34. The maximum absolute atomic E-state index is 12.9. The van der Waals surface area contributed by atoms with Crippen molar-refractivity contribution >= 4 is 22.7 Å². The molecule has 27 heavy (non-hydrogen) atoms. The molecule has 6 heteroatoms. The summed E-state index contributed by atoms with van der Waals surface area (Å²) in [6.45, 7) is 4.51. The van der Waals surface area contributed by atoms with Gasteiger partial charge in [-0.1, -0.05) is 25.1 Å². The number of para-hydroxylation sites is 1. The average Bonchev–Trinajstić information content (AvgIpc) is 3.04. The summed E-state index contributed by atoms with van der Waals surface area (Å²) in [7, 11) is 0. The molecule has 1 aromatic heterocycles. The predicted molar refractivity (Wildman–Crippen MR) is 108 cm³/mol. The fourth-order valence-corrected chi connectivity index (χ4v) is 4.05. The van der Waals surface area contributed by atoms with E-state index in [9.17, 15) is 9.59 Å². The van der Waals surface area contributed by atoms with Gasteiger partial charge in [-0.3, -0.25) is 9.59 Å². The number of fused-ring (bicyclic) bond motifs is 1. The lowest BCUT2D eigenvalue weighted by Gasteiger charge is -2.29. The number of hydrogen-bond donors (Lipinski definition) is 4. The number of aromatic amines is 1. The van der Waals surface area contributed by atoms with Gasteiger partial charge in [0, 0.05) is 36.0 Å². The van der Waals surface area contributed by atoms with Crippen LogP contribution in [0.4, 0.5) is 0 Å². The Kier molecular flexibility index (Phi) is 6.16. The van der Waals surface area contributed by atoms with Gasteiger partial charge in [-0.05, 0) is 50.2 Å². The number of carbonyl (C=O) groups excluding carboxylic acids is 2. The molecule has 2 aromatic rings. The largest absolute Gasteiger partial charge is 0.353 e. The molecule has 0 saturated heterocycles. The Morgan fingerprint density at radius 2 is 1.81 bits per heavy atom. The quantitative estimate of drug-likeness (QED) is 0.629. The van der Waals surface area contributed by atoms with Crippen LogP contribution in [0.3, 0.4) is 0 Å². The molecular formula is C21H30N4O2. The number of hydrogen-bond acceptors (Lipinski definition) is 3. The van der Waals surface area contributed by atoms with E-state index in [0.717, 1.165) is 54.1 Å². The zero-order chi connectivity index (χ0) is 19.4. The Morgan fingerprint density at radius 1 is 1.15 bits per heavy atom. The molecule has 0 spiro atoms. The van der Waals surface area contributed by atoms with E-state index in [1.807, 2.05) is 6.07 Å². The van der Waals surface area contributed by atoms with Gasteiger partial charge in [-0.15, -0.1) is 0 Å². The number of amides is 2. The molecule has 6 nitrogen and oxygen atoms in total. The number of rotatable bonds is 6. The molecule has 1 aliphatic carbocycles. The summed E-state index contributed by atoms with van der Waals surface area (Å²) in [6, 6.07) is 6.51. The van der Waals surface area contributed by atoms with Crippen LogP contribution in [0.1, 0.15) is 60.6 Å². The van der Waals surface area contributed by atoms with Crippen molar-refractivity contribution in [3.8, 4) is 0 Å². The second-order valence-corrected chi connectivity index (χ2v) is 7.46. The third kappa shape index (κ3) is 4.33. The molecule has 0 unspecified atom stereocenters. The summed E-state index contributed by atoms with van der Waals surface area (Å²) in [5.41, 5.74) is 9.37. The fraction of sp³-hybridized carbons (Fsp3) is 0.524. The maximum atomic E-state index is 12.9.